The molecule has 21 heavy (non-hydrogen) atoms. The lowest BCUT2D eigenvalue weighted by Crippen LogP contribution is -2.22. The molecule has 1 unspecified atom stereocenters. The van der Waals surface area contributed by atoms with Crippen LogP contribution in [0, 0.1) is 0 Å². The Morgan fingerprint density at radius 2 is 2.05 bits per heavy atom. The predicted octanol–water partition coefficient (Wildman–Crippen LogP) is 4.91. The number of hydrogen-bond donors (Lipinski definition) is 1. The van der Waals surface area contributed by atoms with E-state index in [4.69, 9.17) is 0 Å². The molecule has 112 valence electrons. The van der Waals surface area contributed by atoms with E-state index in [0.29, 0.717) is 6.04 Å². The fraction of sp³-hybridized carbons (Fsp3) is 0.474. The van der Waals surface area contributed by atoms with Crippen molar-refractivity contribution in [3.05, 3.63) is 57.3 Å². The van der Waals surface area contributed by atoms with Gasteiger partial charge in [0.15, 0.2) is 0 Å². The van der Waals surface area contributed by atoms with Crippen molar-refractivity contribution >= 4 is 11.3 Å². The van der Waals surface area contributed by atoms with Gasteiger partial charge >= 0.3 is 0 Å². The monoisotopic (exact) mass is 299 g/mol. The molecule has 2 heteroatoms. The Balaban J connectivity index is 1.68. The summed E-state index contributed by atoms with van der Waals surface area (Å²) in [5.74, 6) is 0. The summed E-state index contributed by atoms with van der Waals surface area (Å²) in [5, 5.41) is 3.76. The first-order chi connectivity index (χ1) is 10.4. The number of rotatable bonds is 7. The van der Waals surface area contributed by atoms with Crippen molar-refractivity contribution in [2.24, 2.45) is 0 Å². The number of fused-ring (bicyclic) bond motifs is 1. The van der Waals surface area contributed by atoms with Gasteiger partial charge in [-0.3, -0.25) is 0 Å². The molecule has 1 aliphatic rings. The molecule has 0 saturated carbocycles. The summed E-state index contributed by atoms with van der Waals surface area (Å²) in [6, 6.07) is 13.9. The average Bonchev–Trinajstić information content (AvgIpc) is 3.10. The molecule has 0 spiro atoms. The molecule has 1 aromatic carbocycles. The molecule has 0 fully saturated rings. The van der Waals surface area contributed by atoms with Crippen LogP contribution >= 0.6 is 11.3 Å². The summed E-state index contributed by atoms with van der Waals surface area (Å²) in [4.78, 5) is 3.21. The molecule has 0 amide bonds. The highest BCUT2D eigenvalue weighted by molar-refractivity contribution is 7.12. The lowest BCUT2D eigenvalue weighted by Gasteiger charge is -2.17. The number of thiophene rings is 1. The van der Waals surface area contributed by atoms with E-state index in [-0.39, 0.29) is 0 Å². The molecule has 1 aliphatic carbocycles. The highest BCUT2D eigenvalue weighted by atomic mass is 32.1. The van der Waals surface area contributed by atoms with Crippen molar-refractivity contribution in [2.45, 2.75) is 51.5 Å². The smallest absolute Gasteiger partial charge is 0.0418 e. The second kappa shape index (κ2) is 7.24. The van der Waals surface area contributed by atoms with Crippen molar-refractivity contribution in [1.29, 1.82) is 0 Å². The van der Waals surface area contributed by atoms with Crippen LogP contribution in [0.2, 0.25) is 0 Å². The minimum Gasteiger partial charge on any atom is -0.309 e. The maximum absolute atomic E-state index is 3.76. The van der Waals surface area contributed by atoms with Gasteiger partial charge in [-0.1, -0.05) is 37.3 Å². The largest absolute Gasteiger partial charge is 0.309 e. The minimum absolute atomic E-state index is 0.528. The Morgan fingerprint density at radius 1 is 1.19 bits per heavy atom. The summed E-state index contributed by atoms with van der Waals surface area (Å²) in [6.07, 6.45) is 7.52. The van der Waals surface area contributed by atoms with Crippen LogP contribution in [0.5, 0.6) is 0 Å². The molecule has 2 aromatic rings. The van der Waals surface area contributed by atoms with E-state index in [1.165, 1.54) is 37.7 Å². The molecule has 0 radical (unpaired) electrons. The van der Waals surface area contributed by atoms with Crippen LogP contribution in [0.1, 0.15) is 53.1 Å². The van der Waals surface area contributed by atoms with Crippen LogP contribution in [0.15, 0.2) is 36.4 Å². The Hall–Kier alpha value is -1.12. The van der Waals surface area contributed by atoms with Gasteiger partial charge in [0.2, 0.25) is 0 Å². The number of benzene rings is 1. The predicted molar refractivity (Wildman–Crippen MR) is 92.1 cm³/mol. The molecular weight excluding hydrogens is 274 g/mol. The molecule has 1 atom stereocenters. The third kappa shape index (κ3) is 3.75. The van der Waals surface area contributed by atoms with Crippen molar-refractivity contribution < 1.29 is 0 Å². The summed E-state index contributed by atoms with van der Waals surface area (Å²) >= 11 is 2.05. The molecule has 1 aromatic heterocycles. The molecule has 0 aliphatic heterocycles. The Morgan fingerprint density at radius 3 is 2.81 bits per heavy atom. The lowest BCUT2D eigenvalue weighted by molar-refractivity contribution is 0.506. The second-order valence-corrected chi connectivity index (χ2v) is 7.15. The standard InChI is InChI=1S/C19H25NS/c1-2-13-20-17(12-11-15-7-4-3-5-8-15)19-14-16-9-6-10-18(16)21-19/h3-5,7-8,14,17,20H,2,6,9-13H2,1H3. The van der Waals surface area contributed by atoms with E-state index < -0.39 is 0 Å². The quantitative estimate of drug-likeness (QED) is 0.766. The first-order valence-electron chi connectivity index (χ1n) is 8.25. The van der Waals surface area contributed by atoms with Gasteiger partial charge in [0.25, 0.3) is 0 Å². The van der Waals surface area contributed by atoms with Gasteiger partial charge in [-0.05, 0) is 62.3 Å². The summed E-state index contributed by atoms with van der Waals surface area (Å²) < 4.78 is 0. The first kappa shape index (κ1) is 14.8. The Labute approximate surface area is 132 Å². The number of hydrogen-bond acceptors (Lipinski definition) is 2. The maximum atomic E-state index is 3.76. The SMILES string of the molecule is CCCNC(CCc1ccccc1)c1cc2c(s1)CCC2. The minimum atomic E-state index is 0.528. The van der Waals surface area contributed by atoms with Crippen LogP contribution < -0.4 is 5.32 Å². The van der Waals surface area contributed by atoms with Crippen LogP contribution in [-0.4, -0.2) is 6.54 Å². The zero-order chi connectivity index (χ0) is 14.5. The van der Waals surface area contributed by atoms with Crippen LogP contribution in [0.3, 0.4) is 0 Å². The zero-order valence-corrected chi connectivity index (χ0v) is 13.7. The number of nitrogens with one attached hydrogen (secondary N) is 1. The van der Waals surface area contributed by atoms with Crippen molar-refractivity contribution in [2.75, 3.05) is 6.54 Å². The molecule has 1 nitrogen and oxygen atoms in total. The van der Waals surface area contributed by atoms with Gasteiger partial charge in [0.05, 0.1) is 0 Å². The summed E-state index contributed by atoms with van der Waals surface area (Å²) in [7, 11) is 0. The van der Waals surface area contributed by atoms with Crippen molar-refractivity contribution in [1.82, 2.24) is 5.32 Å². The molecule has 0 bridgehead atoms. The van der Waals surface area contributed by atoms with Crippen LogP contribution in [0.25, 0.3) is 0 Å². The van der Waals surface area contributed by atoms with E-state index in [2.05, 4.69) is 60.0 Å². The van der Waals surface area contributed by atoms with E-state index in [9.17, 15) is 0 Å². The lowest BCUT2D eigenvalue weighted by atomic mass is 10.0. The van der Waals surface area contributed by atoms with E-state index >= 15 is 0 Å². The van der Waals surface area contributed by atoms with Gasteiger partial charge < -0.3 is 5.32 Å². The van der Waals surface area contributed by atoms with Gasteiger partial charge in [0, 0.05) is 15.8 Å². The van der Waals surface area contributed by atoms with Crippen LogP contribution in [0.4, 0.5) is 0 Å². The molecule has 1 N–H and O–H groups in total. The van der Waals surface area contributed by atoms with Gasteiger partial charge in [-0.2, -0.15) is 0 Å². The highest BCUT2D eigenvalue weighted by Crippen LogP contribution is 2.35. The zero-order valence-electron chi connectivity index (χ0n) is 12.9. The van der Waals surface area contributed by atoms with Crippen LogP contribution in [-0.2, 0) is 19.3 Å². The molecule has 3 rings (SSSR count). The van der Waals surface area contributed by atoms with Gasteiger partial charge in [0.1, 0.15) is 0 Å². The van der Waals surface area contributed by atoms with Crippen molar-refractivity contribution in [3.63, 3.8) is 0 Å². The third-order valence-corrected chi connectivity index (χ3v) is 5.67. The topological polar surface area (TPSA) is 12.0 Å². The third-order valence-electron chi connectivity index (χ3n) is 4.31. The normalized spacial score (nSPS) is 15.1. The highest BCUT2D eigenvalue weighted by Gasteiger charge is 2.19. The molecule has 1 heterocycles. The van der Waals surface area contributed by atoms with Gasteiger partial charge in [-0.15, -0.1) is 11.3 Å². The van der Waals surface area contributed by atoms with E-state index in [1.807, 2.05) is 0 Å². The fourth-order valence-corrected chi connectivity index (χ4v) is 4.51. The molecule has 0 saturated heterocycles. The second-order valence-electron chi connectivity index (χ2n) is 5.98. The first-order valence-corrected chi connectivity index (χ1v) is 9.07. The Kier molecular flexibility index (Phi) is 5.10. The number of aryl methyl sites for hydroxylation is 3. The van der Waals surface area contributed by atoms with Gasteiger partial charge in [-0.25, -0.2) is 0 Å². The average molecular weight is 299 g/mol. The van der Waals surface area contributed by atoms with E-state index in [1.54, 1.807) is 15.3 Å². The molecular formula is C19H25NS. The fourth-order valence-electron chi connectivity index (χ4n) is 3.14. The van der Waals surface area contributed by atoms with E-state index in [0.717, 1.165) is 13.0 Å². The maximum Gasteiger partial charge on any atom is 0.0418 e. The summed E-state index contributed by atoms with van der Waals surface area (Å²) in [5.41, 5.74) is 3.07. The van der Waals surface area contributed by atoms with Crippen molar-refractivity contribution in [3.8, 4) is 0 Å². The summed E-state index contributed by atoms with van der Waals surface area (Å²) in [6.45, 7) is 3.36. The Bertz CT molecular complexity index is 537.